The molecule has 0 aromatic heterocycles. The summed E-state index contributed by atoms with van der Waals surface area (Å²) in [5, 5.41) is 4.11. The third-order valence-corrected chi connectivity index (χ3v) is 10.8. The fourth-order valence-electron chi connectivity index (χ4n) is 5.13. The average molecular weight is 686 g/mol. The van der Waals surface area contributed by atoms with E-state index in [4.69, 9.17) is 46.4 Å². The fourth-order valence-corrected chi connectivity index (χ4v) is 7.15. The molecule has 0 unspecified atom stereocenters. The van der Waals surface area contributed by atoms with E-state index < -0.39 is 28.5 Å². The standard InChI is InChI=1S/C31H33Cl4N3O4S/c1-3-29(31(40)36-22-6-4-5-7-22)37(18-21-10-14-25(32)27(34)16-21)30(39)19-38(23-11-15-26(33)28(35)17-23)43(41,42)24-12-8-20(2)9-13-24/h8-17,22,29H,3-7,18-19H2,1-2H3,(H,36,40)/t29-/m1/s1. The number of anilines is 1. The van der Waals surface area contributed by atoms with Crippen LogP contribution in [0.2, 0.25) is 20.1 Å². The first-order chi connectivity index (χ1) is 20.4. The molecule has 7 nitrogen and oxygen atoms in total. The van der Waals surface area contributed by atoms with Crippen molar-refractivity contribution in [3.63, 3.8) is 0 Å². The minimum atomic E-state index is -4.24. The van der Waals surface area contributed by atoms with Crippen molar-refractivity contribution < 1.29 is 18.0 Å². The predicted octanol–water partition coefficient (Wildman–Crippen LogP) is 7.67. The molecule has 1 aliphatic rings. The highest BCUT2D eigenvalue weighted by molar-refractivity contribution is 7.92. The Labute approximate surface area is 273 Å². The molecule has 12 heteroatoms. The van der Waals surface area contributed by atoms with E-state index in [0.29, 0.717) is 22.0 Å². The molecule has 1 atom stereocenters. The van der Waals surface area contributed by atoms with E-state index >= 15 is 0 Å². The molecular weight excluding hydrogens is 652 g/mol. The van der Waals surface area contributed by atoms with Gasteiger partial charge in [0, 0.05) is 12.6 Å². The fraction of sp³-hybridized carbons (Fsp3) is 0.355. The maximum absolute atomic E-state index is 14.2. The molecule has 3 aromatic carbocycles. The van der Waals surface area contributed by atoms with Crippen LogP contribution < -0.4 is 9.62 Å². The predicted molar refractivity (Wildman–Crippen MR) is 174 cm³/mol. The van der Waals surface area contributed by atoms with Crippen molar-refractivity contribution in [2.24, 2.45) is 0 Å². The summed E-state index contributed by atoms with van der Waals surface area (Å²) < 4.78 is 29.0. The van der Waals surface area contributed by atoms with Gasteiger partial charge in [0.25, 0.3) is 10.0 Å². The molecule has 0 saturated heterocycles. The van der Waals surface area contributed by atoms with Crippen LogP contribution in [0.3, 0.4) is 0 Å². The van der Waals surface area contributed by atoms with Gasteiger partial charge in [-0.05, 0) is 74.2 Å². The van der Waals surface area contributed by atoms with E-state index in [1.54, 1.807) is 30.3 Å². The Hall–Kier alpha value is -2.49. The van der Waals surface area contributed by atoms with Crippen molar-refractivity contribution in [2.45, 2.75) is 69.5 Å². The molecule has 1 aliphatic carbocycles. The lowest BCUT2D eigenvalue weighted by Crippen LogP contribution is -2.53. The van der Waals surface area contributed by atoms with Crippen LogP contribution in [-0.2, 0) is 26.2 Å². The number of hydrogen-bond acceptors (Lipinski definition) is 4. The van der Waals surface area contributed by atoms with Crippen molar-refractivity contribution in [3.05, 3.63) is 91.9 Å². The van der Waals surface area contributed by atoms with E-state index in [1.165, 1.54) is 35.2 Å². The second kappa shape index (κ2) is 14.5. The Bertz CT molecular complexity index is 1580. The maximum atomic E-state index is 14.2. The molecule has 0 heterocycles. The molecule has 0 bridgehead atoms. The zero-order valence-electron chi connectivity index (χ0n) is 23.8. The van der Waals surface area contributed by atoms with Crippen LogP contribution >= 0.6 is 46.4 Å². The van der Waals surface area contributed by atoms with Crippen LogP contribution in [0, 0.1) is 6.92 Å². The lowest BCUT2D eigenvalue weighted by molar-refractivity contribution is -0.140. The lowest BCUT2D eigenvalue weighted by Gasteiger charge is -2.34. The van der Waals surface area contributed by atoms with Crippen LogP contribution in [0.15, 0.2) is 65.6 Å². The van der Waals surface area contributed by atoms with Gasteiger partial charge >= 0.3 is 0 Å². The number of aryl methyl sites for hydroxylation is 1. The maximum Gasteiger partial charge on any atom is 0.264 e. The highest BCUT2D eigenvalue weighted by atomic mass is 35.5. The quantitative estimate of drug-likeness (QED) is 0.225. The average Bonchev–Trinajstić information content (AvgIpc) is 3.48. The Morgan fingerprint density at radius 1 is 0.884 bits per heavy atom. The first kappa shape index (κ1) is 33.4. The molecular formula is C31H33Cl4N3O4S. The van der Waals surface area contributed by atoms with Crippen LogP contribution in [0.1, 0.15) is 50.2 Å². The highest BCUT2D eigenvalue weighted by Gasteiger charge is 2.34. The molecule has 1 fully saturated rings. The number of carbonyl (C=O) groups is 2. The smallest absolute Gasteiger partial charge is 0.264 e. The first-order valence-electron chi connectivity index (χ1n) is 14.0. The number of benzene rings is 3. The van der Waals surface area contributed by atoms with Gasteiger partial charge in [0.1, 0.15) is 12.6 Å². The zero-order valence-corrected chi connectivity index (χ0v) is 27.7. The molecule has 2 amide bonds. The summed E-state index contributed by atoms with van der Waals surface area (Å²) in [5.74, 6) is -0.869. The number of halogens is 4. The van der Waals surface area contributed by atoms with Gasteiger partial charge in [-0.15, -0.1) is 0 Å². The number of carbonyl (C=O) groups excluding carboxylic acids is 2. The summed E-state index contributed by atoms with van der Waals surface area (Å²) in [6.45, 7) is 3.07. The van der Waals surface area contributed by atoms with Crippen LogP contribution in [-0.4, -0.2) is 43.8 Å². The van der Waals surface area contributed by atoms with Crippen LogP contribution in [0.4, 0.5) is 5.69 Å². The van der Waals surface area contributed by atoms with Gasteiger partial charge in [0.15, 0.2) is 0 Å². The van der Waals surface area contributed by atoms with Gasteiger partial charge in [-0.25, -0.2) is 8.42 Å². The van der Waals surface area contributed by atoms with Crippen molar-refractivity contribution in [2.75, 3.05) is 10.8 Å². The van der Waals surface area contributed by atoms with Crippen molar-refractivity contribution in [3.8, 4) is 0 Å². The molecule has 0 aliphatic heterocycles. The third-order valence-electron chi connectivity index (χ3n) is 7.50. The third kappa shape index (κ3) is 8.17. The van der Waals surface area contributed by atoms with E-state index in [1.807, 2.05) is 13.8 Å². The highest BCUT2D eigenvalue weighted by Crippen LogP contribution is 2.31. The van der Waals surface area contributed by atoms with Crippen LogP contribution in [0.5, 0.6) is 0 Å². The van der Waals surface area contributed by atoms with Crippen LogP contribution in [0.25, 0.3) is 0 Å². The van der Waals surface area contributed by atoms with Crippen molar-refractivity contribution >= 4 is 73.9 Å². The normalized spacial score (nSPS) is 14.4. The Kier molecular flexibility index (Phi) is 11.3. The zero-order chi connectivity index (χ0) is 31.3. The number of sulfonamides is 1. The summed E-state index contributed by atoms with van der Waals surface area (Å²) >= 11 is 24.8. The number of amides is 2. The molecule has 0 spiro atoms. The molecule has 3 aromatic rings. The minimum absolute atomic E-state index is 0.000904. The van der Waals surface area contributed by atoms with Gasteiger partial charge in [-0.2, -0.15) is 0 Å². The van der Waals surface area contributed by atoms with E-state index in [0.717, 1.165) is 35.6 Å². The molecule has 43 heavy (non-hydrogen) atoms. The number of nitrogens with one attached hydrogen (secondary N) is 1. The Morgan fingerprint density at radius 3 is 2.07 bits per heavy atom. The monoisotopic (exact) mass is 683 g/mol. The van der Waals surface area contributed by atoms with Crippen molar-refractivity contribution in [1.82, 2.24) is 10.2 Å². The van der Waals surface area contributed by atoms with Gasteiger partial charge in [-0.3, -0.25) is 13.9 Å². The number of hydrogen-bond donors (Lipinski definition) is 1. The molecule has 0 radical (unpaired) electrons. The second-order valence-electron chi connectivity index (χ2n) is 10.6. The van der Waals surface area contributed by atoms with Crippen molar-refractivity contribution in [1.29, 1.82) is 0 Å². The summed E-state index contributed by atoms with van der Waals surface area (Å²) in [6, 6.07) is 14.8. The molecule has 4 rings (SSSR count). The van der Waals surface area contributed by atoms with Gasteiger partial charge < -0.3 is 10.2 Å². The first-order valence-corrected chi connectivity index (χ1v) is 16.9. The molecule has 1 N–H and O–H groups in total. The summed E-state index contributed by atoms with van der Waals surface area (Å²) in [4.78, 5) is 29.2. The van der Waals surface area contributed by atoms with E-state index in [-0.39, 0.29) is 39.1 Å². The van der Waals surface area contributed by atoms with Gasteiger partial charge in [0.05, 0.1) is 30.7 Å². The van der Waals surface area contributed by atoms with Gasteiger partial charge in [0.2, 0.25) is 11.8 Å². The van der Waals surface area contributed by atoms with E-state index in [2.05, 4.69) is 5.32 Å². The molecule has 1 saturated carbocycles. The van der Waals surface area contributed by atoms with E-state index in [9.17, 15) is 18.0 Å². The summed E-state index contributed by atoms with van der Waals surface area (Å²) in [6.07, 6.45) is 4.13. The number of nitrogens with zero attached hydrogens (tertiary/aromatic N) is 2. The largest absolute Gasteiger partial charge is 0.352 e. The summed E-state index contributed by atoms with van der Waals surface area (Å²) in [5.41, 5.74) is 1.67. The van der Waals surface area contributed by atoms with Gasteiger partial charge in [-0.1, -0.05) is 89.9 Å². The summed E-state index contributed by atoms with van der Waals surface area (Å²) in [7, 11) is -4.24. The SMILES string of the molecule is CC[C@H](C(=O)NC1CCCC1)N(Cc1ccc(Cl)c(Cl)c1)C(=O)CN(c1ccc(Cl)c(Cl)c1)S(=O)(=O)c1ccc(C)cc1. The Balaban J connectivity index is 1.74. The minimum Gasteiger partial charge on any atom is -0.352 e. The molecule has 230 valence electrons. The number of rotatable bonds is 11. The second-order valence-corrected chi connectivity index (χ2v) is 14.1. The topological polar surface area (TPSA) is 86.8 Å². The lowest BCUT2D eigenvalue weighted by atomic mass is 10.1. The Morgan fingerprint density at radius 2 is 1.49 bits per heavy atom.